The summed E-state index contributed by atoms with van der Waals surface area (Å²) in [5, 5.41) is 0.182. The van der Waals surface area contributed by atoms with E-state index in [2.05, 4.69) is 4.72 Å². The van der Waals surface area contributed by atoms with Crippen LogP contribution in [0.4, 0.5) is 0 Å². The number of rotatable bonds is 6. The Morgan fingerprint density at radius 1 is 1.33 bits per heavy atom. The second kappa shape index (κ2) is 6.75. The van der Waals surface area contributed by atoms with E-state index in [0.29, 0.717) is 10.9 Å². The molecule has 1 N–H and O–H groups in total. The normalized spacial score (nSPS) is 13.8. The van der Waals surface area contributed by atoms with Crippen LogP contribution in [0.2, 0.25) is 5.02 Å². The number of sulfonamides is 1. The van der Waals surface area contributed by atoms with Gasteiger partial charge in [-0.2, -0.15) is 0 Å². The molecule has 0 fully saturated rings. The molecular formula is C12H17Cl2NO2S. The molecule has 0 amide bonds. The molecule has 0 aromatic heterocycles. The summed E-state index contributed by atoms with van der Waals surface area (Å²) in [4.78, 5) is 0.156. The highest BCUT2D eigenvalue weighted by molar-refractivity contribution is 7.89. The van der Waals surface area contributed by atoms with E-state index in [1.807, 2.05) is 13.8 Å². The fourth-order valence-corrected chi connectivity index (χ4v) is 3.42. The highest BCUT2D eigenvalue weighted by Gasteiger charge is 2.16. The van der Waals surface area contributed by atoms with Crippen LogP contribution in [0.3, 0.4) is 0 Å². The number of nitrogens with one attached hydrogen (secondary N) is 1. The Bertz CT molecular complexity index is 489. The summed E-state index contributed by atoms with van der Waals surface area (Å²) in [6.45, 7) is 4.30. The summed E-state index contributed by atoms with van der Waals surface area (Å²) in [7, 11) is -3.53. The van der Waals surface area contributed by atoms with Crippen molar-refractivity contribution in [3.8, 4) is 0 Å². The molecule has 6 heteroatoms. The van der Waals surface area contributed by atoms with E-state index >= 15 is 0 Å². The molecular weight excluding hydrogens is 293 g/mol. The molecule has 0 heterocycles. The smallest absolute Gasteiger partial charge is 0.210 e. The number of hydrogen-bond acceptors (Lipinski definition) is 2. The SMILES string of the molecule is CC(C)CC(Cl)CNS(=O)(=O)c1cccc(Cl)c1. The predicted molar refractivity (Wildman–Crippen MR) is 75.7 cm³/mol. The van der Waals surface area contributed by atoms with Crippen LogP contribution in [0.15, 0.2) is 29.2 Å². The van der Waals surface area contributed by atoms with Gasteiger partial charge in [0.2, 0.25) is 10.0 Å². The van der Waals surface area contributed by atoms with Gasteiger partial charge >= 0.3 is 0 Å². The first-order chi connectivity index (χ1) is 8.31. The van der Waals surface area contributed by atoms with E-state index < -0.39 is 10.0 Å². The lowest BCUT2D eigenvalue weighted by Crippen LogP contribution is -2.30. The zero-order valence-corrected chi connectivity index (χ0v) is 12.7. The summed E-state index contributed by atoms with van der Waals surface area (Å²) in [5.41, 5.74) is 0. The Morgan fingerprint density at radius 3 is 2.56 bits per heavy atom. The van der Waals surface area contributed by atoms with E-state index in [4.69, 9.17) is 23.2 Å². The standard InChI is InChI=1S/C12H17Cl2NO2S/c1-9(2)6-11(14)8-15-18(16,17)12-5-3-4-10(13)7-12/h3-5,7,9,11,15H,6,8H2,1-2H3. The number of halogens is 2. The monoisotopic (exact) mass is 309 g/mol. The van der Waals surface area contributed by atoms with Crippen LogP contribution >= 0.6 is 23.2 Å². The quantitative estimate of drug-likeness (QED) is 0.820. The van der Waals surface area contributed by atoms with E-state index in [0.717, 1.165) is 6.42 Å². The molecule has 1 aromatic rings. The molecule has 0 bridgehead atoms. The summed E-state index contributed by atoms with van der Waals surface area (Å²) in [5.74, 6) is 0.433. The van der Waals surface area contributed by atoms with Crippen LogP contribution in [-0.4, -0.2) is 20.3 Å². The molecule has 0 aliphatic carbocycles. The van der Waals surface area contributed by atoms with Gasteiger partial charge < -0.3 is 0 Å². The first-order valence-electron chi connectivity index (χ1n) is 5.70. The summed E-state index contributed by atoms with van der Waals surface area (Å²) >= 11 is 11.8. The van der Waals surface area contributed by atoms with Crippen molar-refractivity contribution in [3.63, 3.8) is 0 Å². The van der Waals surface area contributed by atoms with Crippen molar-refractivity contribution in [2.45, 2.75) is 30.5 Å². The van der Waals surface area contributed by atoms with E-state index in [-0.39, 0.29) is 16.8 Å². The second-order valence-electron chi connectivity index (χ2n) is 4.54. The molecule has 102 valence electrons. The number of benzene rings is 1. The maximum absolute atomic E-state index is 11.9. The molecule has 1 rings (SSSR count). The van der Waals surface area contributed by atoms with Gasteiger partial charge in [-0.25, -0.2) is 13.1 Å². The molecule has 18 heavy (non-hydrogen) atoms. The summed E-state index contributed by atoms with van der Waals surface area (Å²) in [6.07, 6.45) is 0.764. The van der Waals surface area contributed by atoms with Crippen molar-refractivity contribution in [2.75, 3.05) is 6.54 Å². The van der Waals surface area contributed by atoms with Crippen molar-refractivity contribution in [1.29, 1.82) is 0 Å². The topological polar surface area (TPSA) is 46.2 Å². The maximum atomic E-state index is 11.9. The minimum absolute atomic E-state index is 0.156. The molecule has 0 radical (unpaired) electrons. The van der Waals surface area contributed by atoms with Gasteiger partial charge in [-0.05, 0) is 30.5 Å². The van der Waals surface area contributed by atoms with Crippen molar-refractivity contribution >= 4 is 33.2 Å². The largest absolute Gasteiger partial charge is 0.240 e. The molecule has 0 saturated heterocycles. The highest BCUT2D eigenvalue weighted by Crippen LogP contribution is 2.16. The highest BCUT2D eigenvalue weighted by atomic mass is 35.5. The Morgan fingerprint density at radius 2 is 2.00 bits per heavy atom. The predicted octanol–water partition coefficient (Wildman–Crippen LogP) is 3.27. The zero-order chi connectivity index (χ0) is 13.8. The second-order valence-corrected chi connectivity index (χ2v) is 7.36. The number of hydrogen-bond donors (Lipinski definition) is 1. The van der Waals surface area contributed by atoms with Crippen molar-refractivity contribution < 1.29 is 8.42 Å². The fourth-order valence-electron chi connectivity index (χ4n) is 1.51. The lowest BCUT2D eigenvalue weighted by atomic mass is 10.1. The minimum atomic E-state index is -3.53. The van der Waals surface area contributed by atoms with Crippen molar-refractivity contribution in [3.05, 3.63) is 29.3 Å². The van der Waals surface area contributed by atoms with E-state index in [1.165, 1.54) is 12.1 Å². The first-order valence-corrected chi connectivity index (χ1v) is 8.00. The van der Waals surface area contributed by atoms with E-state index in [9.17, 15) is 8.42 Å². The summed E-state index contributed by atoms with van der Waals surface area (Å²) in [6, 6.07) is 6.14. The molecule has 1 atom stereocenters. The van der Waals surface area contributed by atoms with Gasteiger partial charge in [0, 0.05) is 16.9 Å². The van der Waals surface area contributed by atoms with Gasteiger partial charge in [-0.15, -0.1) is 11.6 Å². The van der Waals surface area contributed by atoms with Gasteiger partial charge in [0.1, 0.15) is 0 Å². The average Bonchev–Trinajstić information content (AvgIpc) is 2.26. The van der Waals surface area contributed by atoms with Gasteiger partial charge in [0.25, 0.3) is 0 Å². The molecule has 1 unspecified atom stereocenters. The molecule has 3 nitrogen and oxygen atoms in total. The maximum Gasteiger partial charge on any atom is 0.240 e. The van der Waals surface area contributed by atoms with Crippen LogP contribution in [0, 0.1) is 5.92 Å². The molecule has 0 aliphatic rings. The first kappa shape index (κ1) is 15.8. The third-order valence-electron chi connectivity index (χ3n) is 2.33. The molecule has 0 aliphatic heterocycles. The van der Waals surface area contributed by atoms with Crippen LogP contribution in [-0.2, 0) is 10.0 Å². The Balaban J connectivity index is 2.66. The van der Waals surface area contributed by atoms with E-state index in [1.54, 1.807) is 12.1 Å². The molecule has 1 aromatic carbocycles. The third kappa shape index (κ3) is 5.14. The Kier molecular flexibility index (Phi) is 5.92. The lowest BCUT2D eigenvalue weighted by Gasteiger charge is -2.13. The van der Waals surface area contributed by atoms with Gasteiger partial charge in [-0.3, -0.25) is 0 Å². The molecule has 0 saturated carbocycles. The van der Waals surface area contributed by atoms with Crippen LogP contribution < -0.4 is 4.72 Å². The Hall–Kier alpha value is -0.290. The molecule has 0 spiro atoms. The lowest BCUT2D eigenvalue weighted by molar-refractivity contribution is 0.544. The van der Waals surface area contributed by atoms with Crippen LogP contribution in [0.25, 0.3) is 0 Å². The van der Waals surface area contributed by atoms with Gasteiger partial charge in [0.05, 0.1) is 4.90 Å². The van der Waals surface area contributed by atoms with Crippen LogP contribution in [0.5, 0.6) is 0 Å². The zero-order valence-electron chi connectivity index (χ0n) is 10.4. The number of alkyl halides is 1. The van der Waals surface area contributed by atoms with Crippen molar-refractivity contribution in [2.24, 2.45) is 5.92 Å². The minimum Gasteiger partial charge on any atom is -0.210 e. The third-order valence-corrected chi connectivity index (χ3v) is 4.32. The Labute approximate surface area is 119 Å². The summed E-state index contributed by atoms with van der Waals surface area (Å²) < 4.78 is 26.4. The average molecular weight is 310 g/mol. The van der Waals surface area contributed by atoms with Gasteiger partial charge in [0.15, 0.2) is 0 Å². The van der Waals surface area contributed by atoms with Crippen molar-refractivity contribution in [1.82, 2.24) is 4.72 Å². The fraction of sp³-hybridized carbons (Fsp3) is 0.500. The van der Waals surface area contributed by atoms with Crippen LogP contribution in [0.1, 0.15) is 20.3 Å². The van der Waals surface area contributed by atoms with Gasteiger partial charge in [-0.1, -0.05) is 31.5 Å².